The molecule has 0 bridgehead atoms. The van der Waals surface area contributed by atoms with Gasteiger partial charge in [-0.15, -0.1) is 0 Å². The van der Waals surface area contributed by atoms with Gasteiger partial charge in [0.05, 0.1) is 5.54 Å². The van der Waals surface area contributed by atoms with Crippen LogP contribution in [0.1, 0.15) is 34.6 Å². The van der Waals surface area contributed by atoms with Crippen LogP contribution in [0.2, 0.25) is 0 Å². The van der Waals surface area contributed by atoms with Gasteiger partial charge in [-0.2, -0.15) is 0 Å². The highest BCUT2D eigenvalue weighted by molar-refractivity contribution is 5.86. The Labute approximate surface area is 105 Å². The molecule has 17 heavy (non-hydrogen) atoms. The van der Waals surface area contributed by atoms with Crippen molar-refractivity contribution in [1.82, 2.24) is 15.1 Å². The Balaban J connectivity index is 2.64. The first-order valence-corrected chi connectivity index (χ1v) is 6.39. The normalized spacial score (nSPS) is 20.4. The van der Waals surface area contributed by atoms with Gasteiger partial charge in [-0.1, -0.05) is 0 Å². The molecule has 4 nitrogen and oxygen atoms in total. The Bertz CT molecular complexity index is 273. The molecule has 1 heterocycles. The largest absolute Gasteiger partial charge is 0.350 e. The van der Waals surface area contributed by atoms with Gasteiger partial charge < -0.3 is 10.2 Å². The first-order valence-electron chi connectivity index (χ1n) is 6.39. The molecular formula is C13H27N3O. The lowest BCUT2D eigenvalue weighted by molar-refractivity contribution is -0.134. The number of nitrogens with one attached hydrogen (secondary N) is 1. The van der Waals surface area contributed by atoms with E-state index in [1.807, 2.05) is 34.6 Å². The van der Waals surface area contributed by atoms with Crippen LogP contribution in [0.3, 0.4) is 0 Å². The Morgan fingerprint density at radius 2 is 1.47 bits per heavy atom. The fourth-order valence-electron chi connectivity index (χ4n) is 2.00. The number of likely N-dealkylation sites (N-methyl/N-ethyl adjacent to an activating group) is 1. The van der Waals surface area contributed by atoms with Crippen molar-refractivity contribution in [1.29, 1.82) is 0 Å². The molecule has 1 rings (SSSR count). The van der Waals surface area contributed by atoms with Crippen LogP contribution in [0.4, 0.5) is 0 Å². The van der Waals surface area contributed by atoms with Crippen molar-refractivity contribution < 1.29 is 4.79 Å². The molecule has 0 atom stereocenters. The van der Waals surface area contributed by atoms with Crippen LogP contribution < -0.4 is 5.32 Å². The van der Waals surface area contributed by atoms with Crippen LogP contribution in [0, 0.1) is 0 Å². The van der Waals surface area contributed by atoms with Crippen molar-refractivity contribution in [3.8, 4) is 0 Å². The average Bonchev–Trinajstić information content (AvgIpc) is 2.15. The SMILES string of the molecule is CN1CCN(C(C)(C)C(=O)NC(C)(C)C)CC1. The van der Waals surface area contributed by atoms with Gasteiger partial charge in [-0.05, 0) is 41.7 Å². The monoisotopic (exact) mass is 241 g/mol. The first kappa shape index (κ1) is 14.5. The number of rotatable bonds is 2. The molecule has 1 N–H and O–H groups in total. The number of hydrogen-bond acceptors (Lipinski definition) is 3. The van der Waals surface area contributed by atoms with Gasteiger partial charge >= 0.3 is 0 Å². The summed E-state index contributed by atoms with van der Waals surface area (Å²) in [6, 6.07) is 0. The average molecular weight is 241 g/mol. The summed E-state index contributed by atoms with van der Waals surface area (Å²) in [7, 11) is 2.12. The maximum atomic E-state index is 12.3. The molecule has 0 saturated carbocycles. The lowest BCUT2D eigenvalue weighted by Gasteiger charge is -2.43. The van der Waals surface area contributed by atoms with E-state index in [2.05, 4.69) is 22.2 Å². The molecule has 0 aromatic heterocycles. The number of carbonyl (C=O) groups is 1. The van der Waals surface area contributed by atoms with Crippen LogP contribution in [-0.4, -0.2) is 60.0 Å². The zero-order valence-electron chi connectivity index (χ0n) is 12.1. The summed E-state index contributed by atoms with van der Waals surface area (Å²) >= 11 is 0. The van der Waals surface area contributed by atoms with E-state index < -0.39 is 5.54 Å². The Morgan fingerprint density at radius 3 is 1.88 bits per heavy atom. The van der Waals surface area contributed by atoms with Crippen LogP contribution in [0.15, 0.2) is 0 Å². The first-order chi connectivity index (χ1) is 7.63. The van der Waals surface area contributed by atoms with E-state index in [0.717, 1.165) is 26.2 Å². The topological polar surface area (TPSA) is 35.6 Å². The summed E-state index contributed by atoms with van der Waals surface area (Å²) in [6.07, 6.45) is 0. The van der Waals surface area contributed by atoms with E-state index in [-0.39, 0.29) is 11.4 Å². The predicted octanol–water partition coefficient (Wildman–Crippen LogP) is 0.927. The lowest BCUT2D eigenvalue weighted by Crippen LogP contribution is -2.62. The molecule has 0 spiro atoms. The highest BCUT2D eigenvalue weighted by atomic mass is 16.2. The fraction of sp³-hybridized carbons (Fsp3) is 0.923. The van der Waals surface area contributed by atoms with Crippen molar-refractivity contribution in [3.05, 3.63) is 0 Å². The second-order valence-corrected chi connectivity index (χ2v) is 6.55. The maximum Gasteiger partial charge on any atom is 0.240 e. The molecule has 1 aliphatic heterocycles. The third kappa shape index (κ3) is 3.96. The van der Waals surface area contributed by atoms with E-state index in [0.29, 0.717) is 0 Å². The van der Waals surface area contributed by atoms with Crippen LogP contribution >= 0.6 is 0 Å². The van der Waals surface area contributed by atoms with Crippen molar-refractivity contribution in [2.75, 3.05) is 33.2 Å². The summed E-state index contributed by atoms with van der Waals surface area (Å²) < 4.78 is 0. The molecule has 4 heteroatoms. The van der Waals surface area contributed by atoms with Crippen molar-refractivity contribution in [3.63, 3.8) is 0 Å². The Hall–Kier alpha value is -0.610. The van der Waals surface area contributed by atoms with Crippen molar-refractivity contribution in [2.45, 2.75) is 45.7 Å². The summed E-state index contributed by atoms with van der Waals surface area (Å²) in [4.78, 5) is 16.9. The van der Waals surface area contributed by atoms with Gasteiger partial charge in [0.25, 0.3) is 0 Å². The highest BCUT2D eigenvalue weighted by Crippen LogP contribution is 2.18. The summed E-state index contributed by atoms with van der Waals surface area (Å²) in [6.45, 7) is 14.1. The minimum atomic E-state index is -0.422. The van der Waals surface area contributed by atoms with Crippen molar-refractivity contribution in [2.24, 2.45) is 0 Å². The standard InChI is InChI=1S/C13H27N3O/c1-12(2,3)14-11(17)13(4,5)16-9-7-15(6)8-10-16/h7-10H2,1-6H3,(H,14,17). The third-order valence-electron chi connectivity index (χ3n) is 3.34. The molecule has 0 aromatic rings. The van der Waals surface area contributed by atoms with E-state index in [1.54, 1.807) is 0 Å². The van der Waals surface area contributed by atoms with Gasteiger partial charge in [0.15, 0.2) is 0 Å². The number of piperazine rings is 1. The minimum absolute atomic E-state index is 0.120. The van der Waals surface area contributed by atoms with Gasteiger partial charge in [0.2, 0.25) is 5.91 Å². The zero-order valence-corrected chi connectivity index (χ0v) is 12.1. The predicted molar refractivity (Wildman–Crippen MR) is 71.0 cm³/mol. The summed E-state index contributed by atoms with van der Waals surface area (Å²) in [5, 5.41) is 3.07. The number of amides is 1. The molecule has 0 radical (unpaired) electrons. The smallest absolute Gasteiger partial charge is 0.240 e. The van der Waals surface area contributed by atoms with E-state index in [1.165, 1.54) is 0 Å². The van der Waals surface area contributed by atoms with Crippen LogP contribution in [0.25, 0.3) is 0 Å². The van der Waals surface area contributed by atoms with E-state index >= 15 is 0 Å². The molecule has 1 aliphatic rings. The van der Waals surface area contributed by atoms with Crippen LogP contribution in [0.5, 0.6) is 0 Å². The maximum absolute atomic E-state index is 12.3. The Morgan fingerprint density at radius 1 is 1.00 bits per heavy atom. The lowest BCUT2D eigenvalue weighted by atomic mass is 9.98. The minimum Gasteiger partial charge on any atom is -0.350 e. The molecule has 100 valence electrons. The molecule has 1 fully saturated rings. The zero-order chi connectivity index (χ0) is 13.3. The Kier molecular flexibility index (Phi) is 4.20. The molecule has 0 aliphatic carbocycles. The fourth-order valence-corrected chi connectivity index (χ4v) is 2.00. The highest BCUT2D eigenvalue weighted by Gasteiger charge is 2.37. The molecule has 1 amide bonds. The van der Waals surface area contributed by atoms with Gasteiger partial charge in [-0.25, -0.2) is 0 Å². The summed E-state index contributed by atoms with van der Waals surface area (Å²) in [5.41, 5.74) is -0.588. The molecule has 0 unspecified atom stereocenters. The van der Waals surface area contributed by atoms with Crippen molar-refractivity contribution >= 4 is 5.91 Å². The van der Waals surface area contributed by atoms with Gasteiger partial charge in [0.1, 0.15) is 0 Å². The quantitative estimate of drug-likeness (QED) is 0.781. The van der Waals surface area contributed by atoms with Gasteiger partial charge in [0, 0.05) is 31.7 Å². The molecular weight excluding hydrogens is 214 g/mol. The van der Waals surface area contributed by atoms with Crippen LogP contribution in [-0.2, 0) is 4.79 Å². The number of hydrogen-bond donors (Lipinski definition) is 1. The number of carbonyl (C=O) groups excluding carboxylic acids is 1. The van der Waals surface area contributed by atoms with E-state index in [4.69, 9.17) is 0 Å². The molecule has 0 aromatic carbocycles. The van der Waals surface area contributed by atoms with Gasteiger partial charge in [-0.3, -0.25) is 9.69 Å². The summed E-state index contributed by atoms with van der Waals surface area (Å²) in [5.74, 6) is 0.120. The second-order valence-electron chi connectivity index (χ2n) is 6.55. The molecule has 1 saturated heterocycles. The number of nitrogens with zero attached hydrogens (tertiary/aromatic N) is 2. The third-order valence-corrected chi connectivity index (χ3v) is 3.34. The second kappa shape index (κ2) is 4.94. The van der Waals surface area contributed by atoms with E-state index in [9.17, 15) is 4.79 Å².